The maximum Gasteiger partial charge on any atom is 0.228 e. The predicted molar refractivity (Wildman–Crippen MR) is 108 cm³/mol. The van der Waals surface area contributed by atoms with Crippen LogP contribution in [-0.4, -0.2) is 44.5 Å². The molecule has 1 saturated heterocycles. The average molecular weight is 382 g/mol. The Balaban J connectivity index is 1.68. The monoisotopic (exact) mass is 382 g/mol. The molecule has 1 aliphatic heterocycles. The molecule has 2 aromatic rings. The molecule has 0 radical (unpaired) electrons. The van der Waals surface area contributed by atoms with E-state index in [9.17, 15) is 9.59 Å². The van der Waals surface area contributed by atoms with Gasteiger partial charge in [0.15, 0.2) is 0 Å². The molecule has 2 aromatic carbocycles. The van der Waals surface area contributed by atoms with Gasteiger partial charge in [-0.1, -0.05) is 12.1 Å². The summed E-state index contributed by atoms with van der Waals surface area (Å²) in [6, 6.07) is 14.9. The Morgan fingerprint density at radius 2 is 1.57 bits per heavy atom. The van der Waals surface area contributed by atoms with E-state index in [1.165, 1.54) is 0 Å². The van der Waals surface area contributed by atoms with Crippen molar-refractivity contribution in [3.8, 4) is 11.5 Å². The number of carbonyl (C=O) groups excluding carboxylic acids is 2. The summed E-state index contributed by atoms with van der Waals surface area (Å²) in [6.45, 7) is 2.38. The SMILES string of the molecule is COc1ccc(C(C)N(C)C(=O)C2CC(=O)N(c3ccc(OC)cc3)C2)cc1. The number of ether oxygens (including phenoxy) is 2. The quantitative estimate of drug-likeness (QED) is 0.769. The van der Waals surface area contributed by atoms with E-state index >= 15 is 0 Å². The van der Waals surface area contributed by atoms with Gasteiger partial charge in [-0.05, 0) is 48.9 Å². The van der Waals surface area contributed by atoms with Gasteiger partial charge in [0.2, 0.25) is 11.8 Å². The minimum absolute atomic E-state index is 0.0207. The molecule has 0 spiro atoms. The first kappa shape index (κ1) is 19.7. The van der Waals surface area contributed by atoms with Crippen molar-refractivity contribution < 1.29 is 19.1 Å². The van der Waals surface area contributed by atoms with Crippen LogP contribution in [0, 0.1) is 5.92 Å². The molecular formula is C22H26N2O4. The normalized spacial score (nSPS) is 17.4. The van der Waals surface area contributed by atoms with Gasteiger partial charge in [-0.25, -0.2) is 0 Å². The third-order valence-corrected chi connectivity index (χ3v) is 5.39. The van der Waals surface area contributed by atoms with Gasteiger partial charge in [0.1, 0.15) is 11.5 Å². The fourth-order valence-electron chi connectivity index (χ4n) is 3.47. The maximum absolute atomic E-state index is 13.0. The summed E-state index contributed by atoms with van der Waals surface area (Å²) in [5.74, 6) is 1.11. The van der Waals surface area contributed by atoms with Gasteiger partial charge in [-0.15, -0.1) is 0 Å². The Morgan fingerprint density at radius 1 is 1.04 bits per heavy atom. The molecule has 0 bridgehead atoms. The molecule has 0 aliphatic carbocycles. The summed E-state index contributed by atoms with van der Waals surface area (Å²) >= 11 is 0. The molecule has 1 aliphatic rings. The number of hydrogen-bond acceptors (Lipinski definition) is 4. The average Bonchev–Trinajstić information content (AvgIpc) is 3.13. The van der Waals surface area contributed by atoms with E-state index in [0.717, 1.165) is 22.7 Å². The Hall–Kier alpha value is -3.02. The zero-order valence-corrected chi connectivity index (χ0v) is 16.7. The van der Waals surface area contributed by atoms with Crippen LogP contribution in [0.25, 0.3) is 0 Å². The number of rotatable bonds is 6. The first-order valence-electron chi connectivity index (χ1n) is 9.29. The van der Waals surface area contributed by atoms with Crippen molar-refractivity contribution in [2.24, 2.45) is 5.92 Å². The predicted octanol–water partition coefficient (Wildman–Crippen LogP) is 3.28. The Bertz CT molecular complexity index is 833. The largest absolute Gasteiger partial charge is 0.497 e. The smallest absolute Gasteiger partial charge is 0.228 e. The Kier molecular flexibility index (Phi) is 5.87. The number of nitrogens with zero attached hydrogens (tertiary/aromatic N) is 2. The number of benzene rings is 2. The van der Waals surface area contributed by atoms with E-state index in [4.69, 9.17) is 9.47 Å². The van der Waals surface area contributed by atoms with Crippen LogP contribution in [0.3, 0.4) is 0 Å². The summed E-state index contributed by atoms with van der Waals surface area (Å²) in [7, 11) is 5.02. The first-order chi connectivity index (χ1) is 13.4. The number of hydrogen-bond donors (Lipinski definition) is 0. The molecule has 0 saturated carbocycles. The van der Waals surface area contributed by atoms with Crippen molar-refractivity contribution in [1.29, 1.82) is 0 Å². The van der Waals surface area contributed by atoms with Crippen LogP contribution in [-0.2, 0) is 9.59 Å². The minimum atomic E-state index is -0.347. The lowest BCUT2D eigenvalue weighted by atomic mass is 10.0. The first-order valence-corrected chi connectivity index (χ1v) is 9.29. The van der Waals surface area contributed by atoms with Gasteiger partial charge >= 0.3 is 0 Å². The summed E-state index contributed by atoms with van der Waals surface area (Å²) < 4.78 is 10.3. The lowest BCUT2D eigenvalue weighted by molar-refractivity contribution is -0.136. The lowest BCUT2D eigenvalue weighted by Gasteiger charge is -2.28. The van der Waals surface area contributed by atoms with Crippen LogP contribution in [0.2, 0.25) is 0 Å². The molecule has 2 amide bonds. The van der Waals surface area contributed by atoms with Gasteiger partial charge in [0, 0.05) is 25.7 Å². The molecule has 1 heterocycles. The van der Waals surface area contributed by atoms with Crippen LogP contribution in [0.4, 0.5) is 5.69 Å². The Labute approximate surface area is 165 Å². The van der Waals surface area contributed by atoms with Gasteiger partial charge in [-0.2, -0.15) is 0 Å². The van der Waals surface area contributed by atoms with Gasteiger partial charge in [0.05, 0.1) is 26.2 Å². The van der Waals surface area contributed by atoms with E-state index in [1.807, 2.05) is 55.5 Å². The van der Waals surface area contributed by atoms with Crippen molar-refractivity contribution in [3.05, 3.63) is 54.1 Å². The zero-order chi connectivity index (χ0) is 20.3. The second-order valence-corrected chi connectivity index (χ2v) is 7.00. The van der Waals surface area contributed by atoms with Crippen molar-refractivity contribution in [3.63, 3.8) is 0 Å². The molecule has 6 nitrogen and oxygen atoms in total. The molecule has 0 aromatic heterocycles. The highest BCUT2D eigenvalue weighted by Crippen LogP contribution is 2.30. The molecule has 148 valence electrons. The second kappa shape index (κ2) is 8.33. The van der Waals surface area contributed by atoms with Crippen molar-refractivity contribution >= 4 is 17.5 Å². The zero-order valence-electron chi connectivity index (χ0n) is 16.7. The molecule has 2 atom stereocenters. The third-order valence-electron chi connectivity index (χ3n) is 5.39. The van der Waals surface area contributed by atoms with Crippen molar-refractivity contribution in [1.82, 2.24) is 4.90 Å². The second-order valence-electron chi connectivity index (χ2n) is 7.00. The molecule has 2 unspecified atom stereocenters. The minimum Gasteiger partial charge on any atom is -0.497 e. The van der Waals surface area contributed by atoms with Gasteiger partial charge in [-0.3, -0.25) is 9.59 Å². The molecule has 6 heteroatoms. The number of anilines is 1. The number of amides is 2. The molecule has 0 N–H and O–H groups in total. The van der Waals surface area contributed by atoms with E-state index in [2.05, 4.69) is 0 Å². The van der Waals surface area contributed by atoms with Crippen molar-refractivity contribution in [2.45, 2.75) is 19.4 Å². The summed E-state index contributed by atoms with van der Waals surface area (Å²) in [4.78, 5) is 28.9. The van der Waals surface area contributed by atoms with Crippen LogP contribution in [0.1, 0.15) is 24.9 Å². The molecule has 28 heavy (non-hydrogen) atoms. The van der Waals surface area contributed by atoms with Crippen LogP contribution in [0.5, 0.6) is 11.5 Å². The summed E-state index contributed by atoms with van der Waals surface area (Å²) in [5.41, 5.74) is 1.81. The van der Waals surface area contributed by atoms with E-state index in [0.29, 0.717) is 6.54 Å². The number of carbonyl (C=O) groups is 2. The Morgan fingerprint density at radius 3 is 2.11 bits per heavy atom. The highest BCUT2D eigenvalue weighted by Gasteiger charge is 2.37. The van der Waals surface area contributed by atoms with Crippen LogP contribution >= 0.6 is 0 Å². The molecule has 3 rings (SSSR count). The fourth-order valence-corrected chi connectivity index (χ4v) is 3.47. The highest BCUT2D eigenvalue weighted by atomic mass is 16.5. The summed E-state index contributed by atoms with van der Waals surface area (Å²) in [5, 5.41) is 0. The van der Waals surface area contributed by atoms with Crippen LogP contribution in [0.15, 0.2) is 48.5 Å². The molecular weight excluding hydrogens is 356 g/mol. The van der Waals surface area contributed by atoms with Crippen molar-refractivity contribution in [2.75, 3.05) is 32.7 Å². The van der Waals surface area contributed by atoms with E-state index < -0.39 is 0 Å². The highest BCUT2D eigenvalue weighted by molar-refractivity contribution is 6.00. The standard InChI is InChI=1S/C22H26N2O4/c1-15(16-5-9-19(27-3)10-6-16)23(2)22(26)17-13-21(25)24(14-17)18-7-11-20(28-4)12-8-18/h5-12,15,17H,13-14H2,1-4H3. The molecule has 1 fully saturated rings. The van der Waals surface area contributed by atoms with Gasteiger partial charge < -0.3 is 19.3 Å². The topological polar surface area (TPSA) is 59.1 Å². The van der Waals surface area contributed by atoms with Crippen LogP contribution < -0.4 is 14.4 Å². The maximum atomic E-state index is 13.0. The lowest BCUT2D eigenvalue weighted by Crippen LogP contribution is -2.36. The third kappa shape index (κ3) is 3.96. The van der Waals surface area contributed by atoms with Gasteiger partial charge in [0.25, 0.3) is 0 Å². The van der Waals surface area contributed by atoms with E-state index in [1.54, 1.807) is 31.1 Å². The summed E-state index contributed by atoms with van der Waals surface area (Å²) in [6.07, 6.45) is 0.227. The number of methoxy groups -OCH3 is 2. The fraction of sp³-hybridized carbons (Fsp3) is 0.364. The van der Waals surface area contributed by atoms with E-state index in [-0.39, 0.29) is 30.2 Å².